The lowest BCUT2D eigenvalue weighted by Gasteiger charge is -2.19. The Morgan fingerprint density at radius 1 is 1.50 bits per heavy atom. The molecule has 0 spiro atoms. The summed E-state index contributed by atoms with van der Waals surface area (Å²) < 4.78 is 5.34. The van der Waals surface area contributed by atoms with Gasteiger partial charge < -0.3 is 14.5 Å². The fourth-order valence-electron chi connectivity index (χ4n) is 3.09. The number of likely N-dealkylation sites (tertiary alicyclic amines) is 1. The van der Waals surface area contributed by atoms with Crippen LogP contribution in [0.2, 0.25) is 0 Å². The second-order valence-electron chi connectivity index (χ2n) is 6.19. The Morgan fingerprint density at radius 2 is 2.27 bits per heavy atom. The van der Waals surface area contributed by atoms with Gasteiger partial charge in [-0.1, -0.05) is 6.08 Å². The van der Waals surface area contributed by atoms with E-state index in [0.29, 0.717) is 12.3 Å². The third-order valence-electron chi connectivity index (χ3n) is 4.09. The van der Waals surface area contributed by atoms with Gasteiger partial charge in [0.25, 0.3) is 5.91 Å². The number of nitrogens with zero attached hydrogens (tertiary/aromatic N) is 2. The number of carbonyl (C=O) groups is 1. The molecule has 0 bridgehead atoms. The first-order valence-electron chi connectivity index (χ1n) is 7.77. The molecule has 0 saturated carbocycles. The standard InChI is InChI=1S/C18H26N2O2/c1-5-6-15-11-16(7-8-17(15)22-4)18(21)20-10-9-14(13-20)12-19(2)3/h5,7-8,11,14H,1,6,9-10,12-13H2,2-4H3. The molecule has 1 heterocycles. The van der Waals surface area contributed by atoms with Crippen LogP contribution in [0, 0.1) is 5.92 Å². The van der Waals surface area contributed by atoms with Gasteiger partial charge in [0.1, 0.15) is 5.75 Å². The van der Waals surface area contributed by atoms with Gasteiger partial charge in [0.05, 0.1) is 7.11 Å². The minimum atomic E-state index is 0.120. The molecule has 1 aromatic carbocycles. The van der Waals surface area contributed by atoms with Crippen LogP contribution in [-0.2, 0) is 6.42 Å². The lowest BCUT2D eigenvalue weighted by atomic mass is 10.1. The first-order chi connectivity index (χ1) is 10.5. The minimum absolute atomic E-state index is 0.120. The van der Waals surface area contributed by atoms with Crippen molar-refractivity contribution in [2.24, 2.45) is 5.92 Å². The van der Waals surface area contributed by atoms with Gasteiger partial charge in [0, 0.05) is 25.2 Å². The number of ether oxygens (including phenoxy) is 1. The zero-order valence-electron chi connectivity index (χ0n) is 13.8. The quantitative estimate of drug-likeness (QED) is 0.757. The third kappa shape index (κ3) is 3.89. The number of benzene rings is 1. The maximum atomic E-state index is 12.7. The highest BCUT2D eigenvalue weighted by Crippen LogP contribution is 2.24. The molecule has 0 N–H and O–H groups in total. The summed E-state index contributed by atoms with van der Waals surface area (Å²) in [6.07, 6.45) is 3.61. The van der Waals surface area contributed by atoms with Crippen molar-refractivity contribution in [1.29, 1.82) is 0 Å². The van der Waals surface area contributed by atoms with Crippen LogP contribution in [0.1, 0.15) is 22.3 Å². The molecule has 1 fully saturated rings. The molecule has 22 heavy (non-hydrogen) atoms. The predicted molar refractivity (Wildman–Crippen MR) is 89.5 cm³/mol. The topological polar surface area (TPSA) is 32.8 Å². The molecule has 1 aliphatic rings. The molecule has 1 atom stereocenters. The number of methoxy groups -OCH3 is 1. The van der Waals surface area contributed by atoms with Gasteiger partial charge in [-0.15, -0.1) is 6.58 Å². The molecule has 0 radical (unpaired) electrons. The van der Waals surface area contributed by atoms with Crippen molar-refractivity contribution < 1.29 is 9.53 Å². The summed E-state index contributed by atoms with van der Waals surface area (Å²) in [7, 11) is 5.81. The maximum absolute atomic E-state index is 12.7. The summed E-state index contributed by atoms with van der Waals surface area (Å²) in [6.45, 7) is 6.50. The Balaban J connectivity index is 2.10. The van der Waals surface area contributed by atoms with Gasteiger partial charge in [0.15, 0.2) is 0 Å². The number of hydrogen-bond acceptors (Lipinski definition) is 3. The molecule has 0 aromatic heterocycles. The SMILES string of the molecule is C=CCc1cc(C(=O)N2CCC(CN(C)C)C2)ccc1OC. The molecule has 1 aliphatic heterocycles. The molecule has 4 heteroatoms. The largest absolute Gasteiger partial charge is 0.496 e. The number of allylic oxidation sites excluding steroid dienone is 1. The highest BCUT2D eigenvalue weighted by Gasteiger charge is 2.27. The van der Waals surface area contributed by atoms with Crippen molar-refractivity contribution in [3.63, 3.8) is 0 Å². The number of hydrogen-bond donors (Lipinski definition) is 0. The first kappa shape index (κ1) is 16.6. The maximum Gasteiger partial charge on any atom is 0.253 e. The minimum Gasteiger partial charge on any atom is -0.496 e. The Kier molecular flexibility index (Phi) is 5.61. The Morgan fingerprint density at radius 3 is 2.91 bits per heavy atom. The monoisotopic (exact) mass is 302 g/mol. The van der Waals surface area contributed by atoms with Crippen molar-refractivity contribution in [3.8, 4) is 5.75 Å². The zero-order valence-corrected chi connectivity index (χ0v) is 13.8. The third-order valence-corrected chi connectivity index (χ3v) is 4.09. The van der Waals surface area contributed by atoms with Gasteiger partial charge in [-0.05, 0) is 56.6 Å². The van der Waals surface area contributed by atoms with Crippen molar-refractivity contribution in [2.45, 2.75) is 12.8 Å². The summed E-state index contributed by atoms with van der Waals surface area (Å²) in [5.41, 5.74) is 1.75. The normalized spacial score (nSPS) is 17.8. The fraction of sp³-hybridized carbons (Fsp3) is 0.500. The molecule has 1 unspecified atom stereocenters. The molecular weight excluding hydrogens is 276 g/mol. The molecule has 120 valence electrons. The van der Waals surface area contributed by atoms with E-state index in [9.17, 15) is 4.79 Å². The Hall–Kier alpha value is -1.81. The van der Waals surface area contributed by atoms with Gasteiger partial charge in [-0.3, -0.25) is 4.79 Å². The molecule has 4 nitrogen and oxygen atoms in total. The van der Waals surface area contributed by atoms with Crippen LogP contribution >= 0.6 is 0 Å². The molecule has 1 aromatic rings. The van der Waals surface area contributed by atoms with E-state index in [1.807, 2.05) is 29.2 Å². The zero-order chi connectivity index (χ0) is 16.1. The fourth-order valence-corrected chi connectivity index (χ4v) is 3.09. The highest BCUT2D eigenvalue weighted by atomic mass is 16.5. The lowest BCUT2D eigenvalue weighted by molar-refractivity contribution is 0.0785. The summed E-state index contributed by atoms with van der Waals surface area (Å²) in [6, 6.07) is 5.66. The van der Waals surface area contributed by atoms with Crippen LogP contribution in [0.25, 0.3) is 0 Å². The summed E-state index contributed by atoms with van der Waals surface area (Å²) in [4.78, 5) is 16.8. The van der Waals surface area contributed by atoms with E-state index in [2.05, 4.69) is 25.6 Å². The van der Waals surface area contributed by atoms with Gasteiger partial charge >= 0.3 is 0 Å². The van der Waals surface area contributed by atoms with Crippen molar-refractivity contribution in [2.75, 3.05) is 40.8 Å². The van der Waals surface area contributed by atoms with Crippen LogP contribution in [0.5, 0.6) is 5.75 Å². The summed E-state index contributed by atoms with van der Waals surface area (Å²) >= 11 is 0. The van der Waals surface area contributed by atoms with E-state index >= 15 is 0 Å². The van der Waals surface area contributed by atoms with E-state index in [4.69, 9.17) is 4.74 Å². The molecule has 1 amide bonds. The molecule has 1 saturated heterocycles. The summed E-state index contributed by atoms with van der Waals surface area (Å²) in [5, 5.41) is 0. The lowest BCUT2D eigenvalue weighted by Crippen LogP contribution is -2.30. The highest BCUT2D eigenvalue weighted by molar-refractivity contribution is 5.94. The van der Waals surface area contributed by atoms with Crippen molar-refractivity contribution in [1.82, 2.24) is 9.80 Å². The van der Waals surface area contributed by atoms with Crippen LogP contribution in [0.15, 0.2) is 30.9 Å². The Bertz CT molecular complexity index is 540. The van der Waals surface area contributed by atoms with Crippen molar-refractivity contribution in [3.05, 3.63) is 42.0 Å². The van der Waals surface area contributed by atoms with Gasteiger partial charge in [-0.25, -0.2) is 0 Å². The second-order valence-corrected chi connectivity index (χ2v) is 6.19. The van der Waals surface area contributed by atoms with Crippen LogP contribution in [0.4, 0.5) is 0 Å². The van der Waals surface area contributed by atoms with E-state index in [1.165, 1.54) is 0 Å². The smallest absolute Gasteiger partial charge is 0.253 e. The second kappa shape index (κ2) is 7.45. The number of rotatable bonds is 6. The Labute approximate surface area is 133 Å². The molecule has 0 aliphatic carbocycles. The number of amides is 1. The van der Waals surface area contributed by atoms with E-state index in [1.54, 1.807) is 7.11 Å². The van der Waals surface area contributed by atoms with Gasteiger partial charge in [-0.2, -0.15) is 0 Å². The van der Waals surface area contributed by atoms with Crippen LogP contribution in [0.3, 0.4) is 0 Å². The van der Waals surface area contributed by atoms with E-state index < -0.39 is 0 Å². The van der Waals surface area contributed by atoms with Gasteiger partial charge in [0.2, 0.25) is 0 Å². The molecule has 2 rings (SSSR count). The predicted octanol–water partition coefficient (Wildman–Crippen LogP) is 2.45. The van der Waals surface area contributed by atoms with Crippen LogP contribution < -0.4 is 4.74 Å². The average Bonchev–Trinajstić information content (AvgIpc) is 2.94. The summed E-state index contributed by atoms with van der Waals surface area (Å²) in [5.74, 6) is 1.50. The first-order valence-corrected chi connectivity index (χ1v) is 7.77. The van der Waals surface area contributed by atoms with Crippen molar-refractivity contribution >= 4 is 5.91 Å². The van der Waals surface area contributed by atoms with E-state index in [-0.39, 0.29) is 5.91 Å². The average molecular weight is 302 g/mol. The molecular formula is C18H26N2O2. The van der Waals surface area contributed by atoms with E-state index in [0.717, 1.165) is 42.9 Å². The van der Waals surface area contributed by atoms with Crippen LogP contribution in [-0.4, -0.2) is 56.5 Å². The number of carbonyl (C=O) groups excluding carboxylic acids is 1.